The van der Waals surface area contributed by atoms with Crippen molar-refractivity contribution in [3.05, 3.63) is 11.7 Å². The van der Waals surface area contributed by atoms with Crippen LogP contribution in [0.15, 0.2) is 4.52 Å². The molecule has 0 amide bonds. The van der Waals surface area contributed by atoms with E-state index >= 15 is 0 Å². The van der Waals surface area contributed by atoms with Crippen molar-refractivity contribution >= 4 is 11.8 Å². The van der Waals surface area contributed by atoms with Gasteiger partial charge in [0.05, 0.1) is 5.25 Å². The fraction of sp³-hybridized carbons (Fsp3) is 0.833. The molecular formula is C12H18N2O2S. The Morgan fingerprint density at radius 1 is 1.12 bits per heavy atom. The van der Waals surface area contributed by atoms with E-state index in [-0.39, 0.29) is 0 Å². The maximum absolute atomic E-state index is 5.43. The SMILES string of the molecule is C1CC[C@H](c2noc(C3CCOCC3)n2)SC1. The summed E-state index contributed by atoms with van der Waals surface area (Å²) in [5, 5.41) is 4.63. The van der Waals surface area contributed by atoms with Gasteiger partial charge in [-0.3, -0.25) is 0 Å². The Kier molecular flexibility index (Phi) is 3.66. The highest BCUT2D eigenvalue weighted by Crippen LogP contribution is 2.37. The second kappa shape index (κ2) is 5.40. The fourth-order valence-corrected chi connectivity index (χ4v) is 3.67. The van der Waals surface area contributed by atoms with Crippen molar-refractivity contribution in [2.45, 2.75) is 43.3 Å². The third kappa shape index (κ3) is 2.65. The van der Waals surface area contributed by atoms with Crippen molar-refractivity contribution in [1.82, 2.24) is 10.1 Å². The third-order valence-electron chi connectivity index (χ3n) is 3.50. The van der Waals surface area contributed by atoms with Crippen LogP contribution in [-0.4, -0.2) is 29.1 Å². The summed E-state index contributed by atoms with van der Waals surface area (Å²) in [5.41, 5.74) is 0. The van der Waals surface area contributed by atoms with Crippen molar-refractivity contribution < 1.29 is 9.26 Å². The molecule has 2 saturated heterocycles. The van der Waals surface area contributed by atoms with Crippen LogP contribution in [0.5, 0.6) is 0 Å². The summed E-state index contributed by atoms with van der Waals surface area (Å²) in [7, 11) is 0. The zero-order valence-corrected chi connectivity index (χ0v) is 10.7. The topological polar surface area (TPSA) is 48.2 Å². The molecule has 0 aromatic carbocycles. The Morgan fingerprint density at radius 3 is 2.76 bits per heavy atom. The minimum atomic E-state index is 0.415. The van der Waals surface area contributed by atoms with E-state index in [2.05, 4.69) is 10.1 Å². The van der Waals surface area contributed by atoms with Gasteiger partial charge in [-0.1, -0.05) is 11.6 Å². The predicted octanol–water partition coefficient (Wildman–Crippen LogP) is 2.92. The van der Waals surface area contributed by atoms with E-state index in [1.54, 1.807) is 0 Å². The molecular weight excluding hydrogens is 236 g/mol. The van der Waals surface area contributed by atoms with Crippen LogP contribution in [0.3, 0.4) is 0 Å². The summed E-state index contributed by atoms with van der Waals surface area (Å²) in [5.74, 6) is 3.38. The Bertz CT molecular complexity index is 325. The molecule has 1 aromatic heterocycles. The average molecular weight is 254 g/mol. The molecule has 4 nitrogen and oxygen atoms in total. The first-order valence-corrected chi connectivity index (χ1v) is 7.51. The molecule has 94 valence electrons. The van der Waals surface area contributed by atoms with Crippen molar-refractivity contribution in [3.8, 4) is 0 Å². The standard InChI is InChI=1S/C12H18N2O2S/c1-2-8-17-10(3-1)11-13-12(16-14-11)9-4-6-15-7-5-9/h9-10H,1-8H2/t10-/m1/s1. The normalized spacial score (nSPS) is 27.2. The Morgan fingerprint density at radius 2 is 2.00 bits per heavy atom. The van der Waals surface area contributed by atoms with Gasteiger partial charge in [0.25, 0.3) is 0 Å². The van der Waals surface area contributed by atoms with E-state index in [0.717, 1.165) is 37.8 Å². The molecule has 0 saturated carbocycles. The lowest BCUT2D eigenvalue weighted by atomic mass is 10.0. The van der Waals surface area contributed by atoms with Gasteiger partial charge < -0.3 is 9.26 Å². The summed E-state index contributed by atoms with van der Waals surface area (Å²) in [6.45, 7) is 1.64. The lowest BCUT2D eigenvalue weighted by molar-refractivity contribution is 0.0778. The molecule has 0 N–H and O–H groups in total. The minimum absolute atomic E-state index is 0.415. The zero-order valence-electron chi connectivity index (χ0n) is 9.93. The van der Waals surface area contributed by atoms with Gasteiger partial charge in [0.1, 0.15) is 0 Å². The van der Waals surface area contributed by atoms with Crippen LogP contribution >= 0.6 is 11.8 Å². The van der Waals surface area contributed by atoms with Gasteiger partial charge in [-0.05, 0) is 31.4 Å². The molecule has 0 spiro atoms. The molecule has 5 heteroatoms. The average Bonchev–Trinajstić information content (AvgIpc) is 2.90. The quantitative estimate of drug-likeness (QED) is 0.812. The molecule has 0 bridgehead atoms. The van der Waals surface area contributed by atoms with Crippen molar-refractivity contribution in [3.63, 3.8) is 0 Å². The van der Waals surface area contributed by atoms with Crippen LogP contribution < -0.4 is 0 Å². The van der Waals surface area contributed by atoms with Crippen LogP contribution in [0.4, 0.5) is 0 Å². The van der Waals surface area contributed by atoms with Crippen molar-refractivity contribution in [2.24, 2.45) is 0 Å². The second-order valence-corrected chi connectivity index (χ2v) is 6.04. The van der Waals surface area contributed by atoms with Gasteiger partial charge in [0.15, 0.2) is 5.82 Å². The summed E-state index contributed by atoms with van der Waals surface area (Å²) in [6, 6.07) is 0. The van der Waals surface area contributed by atoms with E-state index in [9.17, 15) is 0 Å². The molecule has 1 aromatic rings. The van der Waals surface area contributed by atoms with Gasteiger partial charge >= 0.3 is 0 Å². The van der Waals surface area contributed by atoms with Crippen LogP contribution in [0, 0.1) is 0 Å². The first kappa shape index (κ1) is 11.5. The molecule has 2 aliphatic rings. The summed E-state index contributed by atoms with van der Waals surface area (Å²) in [4.78, 5) is 4.60. The third-order valence-corrected chi connectivity index (χ3v) is 4.87. The molecule has 1 atom stereocenters. The van der Waals surface area contributed by atoms with Crippen molar-refractivity contribution in [2.75, 3.05) is 19.0 Å². The Labute approximate surface area is 105 Å². The van der Waals surface area contributed by atoms with E-state index in [4.69, 9.17) is 9.26 Å². The molecule has 2 aliphatic heterocycles. The van der Waals surface area contributed by atoms with E-state index in [0.29, 0.717) is 11.2 Å². The number of thioether (sulfide) groups is 1. The summed E-state index contributed by atoms with van der Waals surface area (Å²) in [6.07, 6.45) is 5.83. The van der Waals surface area contributed by atoms with Crippen molar-refractivity contribution in [1.29, 1.82) is 0 Å². The number of rotatable bonds is 2. The smallest absolute Gasteiger partial charge is 0.229 e. The van der Waals surface area contributed by atoms with Gasteiger partial charge in [-0.2, -0.15) is 16.7 Å². The van der Waals surface area contributed by atoms with Gasteiger partial charge in [0, 0.05) is 19.1 Å². The summed E-state index contributed by atoms with van der Waals surface area (Å²) < 4.78 is 10.8. The monoisotopic (exact) mass is 254 g/mol. The molecule has 0 unspecified atom stereocenters. The molecule has 3 heterocycles. The first-order chi connectivity index (χ1) is 8.43. The van der Waals surface area contributed by atoms with Gasteiger partial charge in [0.2, 0.25) is 5.89 Å². The maximum atomic E-state index is 5.43. The van der Waals surface area contributed by atoms with Crippen LogP contribution in [0.1, 0.15) is 55.0 Å². The predicted molar refractivity (Wildman–Crippen MR) is 66.1 cm³/mol. The zero-order chi connectivity index (χ0) is 11.5. The molecule has 17 heavy (non-hydrogen) atoms. The van der Waals surface area contributed by atoms with Crippen LogP contribution in [-0.2, 0) is 4.74 Å². The molecule has 0 aliphatic carbocycles. The highest BCUT2D eigenvalue weighted by atomic mass is 32.2. The number of ether oxygens (including phenoxy) is 1. The number of hydrogen-bond donors (Lipinski definition) is 0. The number of hydrogen-bond acceptors (Lipinski definition) is 5. The van der Waals surface area contributed by atoms with Gasteiger partial charge in [-0.25, -0.2) is 0 Å². The van der Waals surface area contributed by atoms with E-state index in [1.807, 2.05) is 11.8 Å². The highest BCUT2D eigenvalue weighted by Gasteiger charge is 2.25. The number of aromatic nitrogens is 2. The van der Waals surface area contributed by atoms with E-state index < -0.39 is 0 Å². The largest absolute Gasteiger partial charge is 0.381 e. The first-order valence-electron chi connectivity index (χ1n) is 6.46. The lowest BCUT2D eigenvalue weighted by Crippen LogP contribution is -2.14. The van der Waals surface area contributed by atoms with Crippen LogP contribution in [0.2, 0.25) is 0 Å². The Hall–Kier alpha value is -0.550. The van der Waals surface area contributed by atoms with Gasteiger partial charge in [-0.15, -0.1) is 0 Å². The molecule has 3 rings (SSSR count). The Balaban J connectivity index is 1.68. The van der Waals surface area contributed by atoms with Crippen LogP contribution in [0.25, 0.3) is 0 Å². The number of nitrogens with zero attached hydrogens (tertiary/aromatic N) is 2. The fourth-order valence-electron chi connectivity index (χ4n) is 2.43. The second-order valence-electron chi connectivity index (χ2n) is 4.73. The highest BCUT2D eigenvalue weighted by molar-refractivity contribution is 7.99. The maximum Gasteiger partial charge on any atom is 0.229 e. The molecule has 0 radical (unpaired) electrons. The lowest BCUT2D eigenvalue weighted by Gasteiger charge is -2.18. The van der Waals surface area contributed by atoms with E-state index in [1.165, 1.54) is 25.0 Å². The minimum Gasteiger partial charge on any atom is -0.381 e. The summed E-state index contributed by atoms with van der Waals surface area (Å²) >= 11 is 1.97. The molecule has 2 fully saturated rings.